The zero-order valence-electron chi connectivity index (χ0n) is 12.0. The van der Waals surface area contributed by atoms with Crippen molar-refractivity contribution in [2.45, 2.75) is 26.7 Å². The number of carbonyl (C=O) groups excluding carboxylic acids is 2. The van der Waals surface area contributed by atoms with Gasteiger partial charge in [0.05, 0.1) is 0 Å². The molecule has 5 heteroatoms. The Kier molecular flexibility index (Phi) is 4.74. The fraction of sp³-hybridized carbons (Fsp3) is 0.467. The molecule has 20 heavy (non-hydrogen) atoms. The highest BCUT2D eigenvalue weighted by Gasteiger charge is 2.16. The molecule has 0 bridgehead atoms. The second-order valence-electron chi connectivity index (χ2n) is 5.12. The fourth-order valence-corrected chi connectivity index (χ4v) is 2.18. The first-order valence-electron chi connectivity index (χ1n) is 7.04. The number of aryl methyl sites for hydroxylation is 1. The minimum Gasteiger partial charge on any atom is -0.326 e. The predicted molar refractivity (Wildman–Crippen MR) is 79.7 cm³/mol. The van der Waals surface area contributed by atoms with Crippen LogP contribution in [-0.4, -0.2) is 24.9 Å². The summed E-state index contributed by atoms with van der Waals surface area (Å²) in [6, 6.07) is 5.60. The molecular formula is C15H21N3O2. The first-order valence-corrected chi connectivity index (χ1v) is 7.04. The van der Waals surface area contributed by atoms with Crippen LogP contribution in [0.3, 0.4) is 0 Å². The first-order chi connectivity index (χ1) is 9.60. The van der Waals surface area contributed by atoms with Crippen molar-refractivity contribution in [3.63, 3.8) is 0 Å². The second kappa shape index (κ2) is 6.52. The largest absolute Gasteiger partial charge is 0.326 e. The third-order valence-electron chi connectivity index (χ3n) is 3.42. The van der Waals surface area contributed by atoms with Gasteiger partial charge in [0.2, 0.25) is 11.8 Å². The molecule has 3 N–H and O–H groups in total. The van der Waals surface area contributed by atoms with Crippen LogP contribution in [0, 0.1) is 5.92 Å². The van der Waals surface area contributed by atoms with Gasteiger partial charge in [-0.1, -0.05) is 13.8 Å². The van der Waals surface area contributed by atoms with Crippen LogP contribution in [0.5, 0.6) is 0 Å². The zero-order valence-corrected chi connectivity index (χ0v) is 12.0. The minimum absolute atomic E-state index is 0.00532. The van der Waals surface area contributed by atoms with Crippen LogP contribution >= 0.6 is 0 Å². The Hall–Kier alpha value is -1.88. The molecule has 1 aliphatic heterocycles. The van der Waals surface area contributed by atoms with Gasteiger partial charge < -0.3 is 16.0 Å². The van der Waals surface area contributed by atoms with E-state index in [0.717, 1.165) is 29.9 Å². The molecule has 108 valence electrons. The number of nitrogens with one attached hydrogen (secondary N) is 3. The highest BCUT2D eigenvalue weighted by atomic mass is 16.2. The summed E-state index contributed by atoms with van der Waals surface area (Å²) >= 11 is 0. The van der Waals surface area contributed by atoms with Gasteiger partial charge >= 0.3 is 0 Å². The highest BCUT2D eigenvalue weighted by molar-refractivity contribution is 5.96. The molecular weight excluding hydrogens is 254 g/mol. The Morgan fingerprint density at radius 2 is 2.20 bits per heavy atom. The Morgan fingerprint density at radius 3 is 2.95 bits per heavy atom. The number of benzene rings is 1. The number of amides is 2. The standard InChI is InChI=1S/C15H21N3O2/c1-3-16-9-10(2)15(20)17-12-5-6-13-11(8-12)4-7-14(19)18-13/h5-6,8,10,16H,3-4,7,9H2,1-2H3,(H,17,20)(H,18,19). The monoisotopic (exact) mass is 275 g/mol. The van der Waals surface area contributed by atoms with Gasteiger partial charge in [-0.2, -0.15) is 0 Å². The average Bonchev–Trinajstić information content (AvgIpc) is 2.44. The Morgan fingerprint density at radius 1 is 1.40 bits per heavy atom. The third kappa shape index (κ3) is 3.57. The van der Waals surface area contributed by atoms with Crippen molar-refractivity contribution in [2.75, 3.05) is 23.7 Å². The number of fused-ring (bicyclic) bond motifs is 1. The minimum atomic E-state index is -0.0781. The maximum Gasteiger partial charge on any atom is 0.228 e. The lowest BCUT2D eigenvalue weighted by atomic mass is 10.0. The van der Waals surface area contributed by atoms with E-state index < -0.39 is 0 Å². The van der Waals surface area contributed by atoms with Crippen molar-refractivity contribution in [1.82, 2.24) is 5.32 Å². The van der Waals surface area contributed by atoms with Gasteiger partial charge in [-0.3, -0.25) is 9.59 Å². The van der Waals surface area contributed by atoms with E-state index in [2.05, 4.69) is 16.0 Å². The smallest absolute Gasteiger partial charge is 0.228 e. The summed E-state index contributed by atoms with van der Waals surface area (Å²) in [5, 5.41) is 8.91. The van der Waals surface area contributed by atoms with E-state index >= 15 is 0 Å². The van der Waals surface area contributed by atoms with Crippen LogP contribution in [-0.2, 0) is 16.0 Å². The summed E-state index contributed by atoms with van der Waals surface area (Å²) in [6.07, 6.45) is 1.22. The molecule has 0 fully saturated rings. The van der Waals surface area contributed by atoms with Gasteiger partial charge in [-0.05, 0) is 36.7 Å². The topological polar surface area (TPSA) is 70.2 Å². The summed E-state index contributed by atoms with van der Waals surface area (Å²) in [5.41, 5.74) is 2.70. The second-order valence-corrected chi connectivity index (χ2v) is 5.12. The molecule has 0 spiro atoms. The lowest BCUT2D eigenvalue weighted by Crippen LogP contribution is -2.30. The summed E-state index contributed by atoms with van der Waals surface area (Å²) in [4.78, 5) is 23.3. The van der Waals surface area contributed by atoms with E-state index in [1.54, 1.807) is 0 Å². The van der Waals surface area contributed by atoms with Gasteiger partial charge in [-0.25, -0.2) is 0 Å². The molecule has 5 nitrogen and oxygen atoms in total. The van der Waals surface area contributed by atoms with Gasteiger partial charge in [0.1, 0.15) is 0 Å². The van der Waals surface area contributed by atoms with Crippen molar-refractivity contribution in [3.05, 3.63) is 23.8 Å². The lowest BCUT2D eigenvalue weighted by molar-refractivity contribution is -0.119. The van der Waals surface area contributed by atoms with E-state index in [4.69, 9.17) is 0 Å². The van der Waals surface area contributed by atoms with Crippen LogP contribution in [0.1, 0.15) is 25.8 Å². The van der Waals surface area contributed by atoms with Crippen molar-refractivity contribution in [1.29, 1.82) is 0 Å². The van der Waals surface area contributed by atoms with Crippen LogP contribution in [0.15, 0.2) is 18.2 Å². The first kappa shape index (κ1) is 14.5. The van der Waals surface area contributed by atoms with Crippen LogP contribution in [0.4, 0.5) is 11.4 Å². The molecule has 2 rings (SSSR count). The van der Waals surface area contributed by atoms with Crippen molar-refractivity contribution in [2.24, 2.45) is 5.92 Å². The Labute approximate surface area is 119 Å². The molecule has 2 amide bonds. The molecule has 1 heterocycles. The number of rotatable bonds is 5. The number of carbonyl (C=O) groups is 2. The molecule has 1 aromatic carbocycles. The molecule has 0 aromatic heterocycles. The van der Waals surface area contributed by atoms with Crippen molar-refractivity contribution >= 4 is 23.2 Å². The van der Waals surface area contributed by atoms with E-state index in [9.17, 15) is 9.59 Å². The molecule has 1 unspecified atom stereocenters. The summed E-state index contributed by atoms with van der Waals surface area (Å²) in [5.74, 6) is -0.0232. The van der Waals surface area contributed by atoms with Gasteiger partial charge in [0, 0.05) is 30.3 Å². The van der Waals surface area contributed by atoms with E-state index in [0.29, 0.717) is 13.0 Å². The molecule has 0 aliphatic carbocycles. The summed E-state index contributed by atoms with van der Waals surface area (Å²) in [7, 11) is 0. The van der Waals surface area contributed by atoms with E-state index in [1.807, 2.05) is 32.0 Å². The average molecular weight is 275 g/mol. The number of anilines is 2. The van der Waals surface area contributed by atoms with E-state index in [1.165, 1.54) is 0 Å². The van der Waals surface area contributed by atoms with Crippen LogP contribution in [0.2, 0.25) is 0 Å². The van der Waals surface area contributed by atoms with Crippen LogP contribution < -0.4 is 16.0 Å². The van der Waals surface area contributed by atoms with Crippen molar-refractivity contribution < 1.29 is 9.59 Å². The Bertz CT molecular complexity index is 514. The Balaban J connectivity index is 2.00. The van der Waals surface area contributed by atoms with Gasteiger partial charge in [0.25, 0.3) is 0 Å². The summed E-state index contributed by atoms with van der Waals surface area (Å²) < 4.78 is 0. The molecule has 1 aliphatic rings. The van der Waals surface area contributed by atoms with E-state index in [-0.39, 0.29) is 17.7 Å². The maximum absolute atomic E-state index is 12.0. The fourth-order valence-electron chi connectivity index (χ4n) is 2.18. The number of hydrogen-bond acceptors (Lipinski definition) is 3. The molecule has 0 saturated heterocycles. The zero-order chi connectivity index (χ0) is 14.5. The molecule has 1 aromatic rings. The predicted octanol–water partition coefficient (Wildman–Crippen LogP) is 1.76. The van der Waals surface area contributed by atoms with Crippen molar-refractivity contribution in [3.8, 4) is 0 Å². The summed E-state index contributed by atoms with van der Waals surface area (Å²) in [6.45, 7) is 5.44. The molecule has 1 atom stereocenters. The maximum atomic E-state index is 12.0. The highest BCUT2D eigenvalue weighted by Crippen LogP contribution is 2.25. The molecule has 0 saturated carbocycles. The van der Waals surface area contributed by atoms with Gasteiger partial charge in [0.15, 0.2) is 0 Å². The SMILES string of the molecule is CCNCC(C)C(=O)Nc1ccc2c(c1)CCC(=O)N2. The molecule has 0 radical (unpaired) electrons. The van der Waals surface area contributed by atoms with Crippen LogP contribution in [0.25, 0.3) is 0 Å². The third-order valence-corrected chi connectivity index (χ3v) is 3.42. The van der Waals surface area contributed by atoms with Gasteiger partial charge in [-0.15, -0.1) is 0 Å². The quantitative estimate of drug-likeness (QED) is 0.767. The lowest BCUT2D eigenvalue weighted by Gasteiger charge is -2.18. The number of hydrogen-bond donors (Lipinski definition) is 3. The normalized spacial score (nSPS) is 15.2.